The number of esters is 1. The molecule has 0 aromatic heterocycles. The lowest BCUT2D eigenvalue weighted by Crippen LogP contribution is -2.27. The minimum atomic E-state index is -0.669. The van der Waals surface area contributed by atoms with E-state index in [4.69, 9.17) is 18.9 Å². The van der Waals surface area contributed by atoms with Crippen molar-refractivity contribution in [3.05, 3.63) is 48.0 Å². The van der Waals surface area contributed by atoms with Gasteiger partial charge in [-0.2, -0.15) is 0 Å². The van der Waals surface area contributed by atoms with Crippen LogP contribution in [0.15, 0.2) is 42.5 Å². The number of ketones is 1. The zero-order valence-corrected chi connectivity index (χ0v) is 17.0. The summed E-state index contributed by atoms with van der Waals surface area (Å²) in [4.78, 5) is 38.7. The van der Waals surface area contributed by atoms with Crippen LogP contribution in [0.4, 0.5) is 5.69 Å². The first-order valence-corrected chi connectivity index (χ1v) is 9.33. The van der Waals surface area contributed by atoms with Crippen molar-refractivity contribution in [3.8, 4) is 17.2 Å². The number of carbonyl (C=O) groups excluding carboxylic acids is 3. The third kappa shape index (κ3) is 4.53. The van der Waals surface area contributed by atoms with Crippen LogP contribution in [0.25, 0.3) is 0 Å². The van der Waals surface area contributed by atoms with Crippen LogP contribution < -0.4 is 19.1 Å². The van der Waals surface area contributed by atoms with Crippen molar-refractivity contribution in [2.75, 3.05) is 39.4 Å². The molecule has 1 saturated heterocycles. The molecule has 0 saturated carbocycles. The molecule has 30 heavy (non-hydrogen) atoms. The number of benzene rings is 2. The maximum Gasteiger partial charge on any atom is 0.311 e. The van der Waals surface area contributed by atoms with Crippen LogP contribution >= 0.6 is 0 Å². The van der Waals surface area contributed by atoms with E-state index in [0.717, 1.165) is 0 Å². The molecule has 2 aromatic carbocycles. The van der Waals surface area contributed by atoms with Gasteiger partial charge in [-0.05, 0) is 36.4 Å². The highest BCUT2D eigenvalue weighted by Gasteiger charge is 2.37. The normalized spacial score (nSPS) is 15.6. The second-order valence-corrected chi connectivity index (χ2v) is 6.70. The molecule has 0 radical (unpaired) electrons. The summed E-state index contributed by atoms with van der Waals surface area (Å²) >= 11 is 0. The van der Waals surface area contributed by atoms with Gasteiger partial charge in [0, 0.05) is 24.6 Å². The highest BCUT2D eigenvalue weighted by molar-refractivity contribution is 6.01. The molecule has 8 heteroatoms. The van der Waals surface area contributed by atoms with Gasteiger partial charge in [0.1, 0.15) is 17.2 Å². The molecule has 1 atom stereocenters. The topological polar surface area (TPSA) is 91.4 Å². The molecule has 0 bridgehead atoms. The number of amides is 1. The third-order valence-electron chi connectivity index (χ3n) is 4.89. The van der Waals surface area contributed by atoms with Crippen LogP contribution in [0.2, 0.25) is 0 Å². The molecular weight excluding hydrogens is 390 g/mol. The molecule has 8 nitrogen and oxygen atoms in total. The standard InChI is InChI=1S/C22H23NO7/c1-27-16-6-4-14(5-7-16)19(24)13-30-22(26)15-10-21(25)23(12-15)18-11-17(28-2)8-9-20(18)29-3/h4-9,11,15H,10,12-13H2,1-3H3/t15-/m1/s1. The quantitative estimate of drug-likeness (QED) is 0.485. The lowest BCUT2D eigenvalue weighted by Gasteiger charge is -2.20. The van der Waals surface area contributed by atoms with Crippen molar-refractivity contribution in [1.82, 2.24) is 0 Å². The van der Waals surface area contributed by atoms with Gasteiger partial charge in [-0.1, -0.05) is 0 Å². The molecular formula is C22H23NO7. The highest BCUT2D eigenvalue weighted by atomic mass is 16.5. The van der Waals surface area contributed by atoms with E-state index >= 15 is 0 Å². The van der Waals surface area contributed by atoms with E-state index in [0.29, 0.717) is 28.5 Å². The van der Waals surface area contributed by atoms with Gasteiger partial charge in [-0.25, -0.2) is 0 Å². The Kier molecular flexibility index (Phi) is 6.56. The molecule has 0 unspecified atom stereocenters. The van der Waals surface area contributed by atoms with Crippen molar-refractivity contribution in [2.45, 2.75) is 6.42 Å². The lowest BCUT2D eigenvalue weighted by molar-refractivity contribution is -0.147. The largest absolute Gasteiger partial charge is 0.497 e. The van der Waals surface area contributed by atoms with Gasteiger partial charge in [0.25, 0.3) is 0 Å². The first kappa shape index (κ1) is 21.2. The van der Waals surface area contributed by atoms with Gasteiger partial charge in [-0.3, -0.25) is 14.4 Å². The molecule has 0 spiro atoms. The van der Waals surface area contributed by atoms with Gasteiger partial charge in [0.15, 0.2) is 12.4 Å². The predicted octanol–water partition coefficient (Wildman–Crippen LogP) is 2.49. The fraction of sp³-hybridized carbons (Fsp3) is 0.318. The first-order chi connectivity index (χ1) is 14.5. The minimum Gasteiger partial charge on any atom is -0.497 e. The fourth-order valence-corrected chi connectivity index (χ4v) is 3.22. The van der Waals surface area contributed by atoms with Crippen LogP contribution in [0.5, 0.6) is 17.2 Å². The number of hydrogen-bond acceptors (Lipinski definition) is 7. The van der Waals surface area contributed by atoms with Gasteiger partial charge in [-0.15, -0.1) is 0 Å². The molecule has 158 valence electrons. The summed E-state index contributed by atoms with van der Waals surface area (Å²) in [7, 11) is 4.56. The van der Waals surface area contributed by atoms with E-state index in [9.17, 15) is 14.4 Å². The second kappa shape index (κ2) is 9.30. The summed E-state index contributed by atoms with van der Waals surface area (Å²) in [6.07, 6.45) is -0.00404. The molecule has 1 fully saturated rings. The number of nitrogens with zero attached hydrogens (tertiary/aromatic N) is 1. The lowest BCUT2D eigenvalue weighted by atomic mass is 10.1. The number of Topliss-reactive ketones (excluding diaryl/α,β-unsaturated/α-hetero) is 1. The van der Waals surface area contributed by atoms with Crippen LogP contribution in [-0.4, -0.2) is 52.1 Å². The van der Waals surface area contributed by atoms with Crippen LogP contribution in [0.1, 0.15) is 16.8 Å². The number of hydrogen-bond donors (Lipinski definition) is 0. The molecule has 0 N–H and O–H groups in total. The zero-order valence-electron chi connectivity index (χ0n) is 17.0. The highest BCUT2D eigenvalue weighted by Crippen LogP contribution is 2.36. The van der Waals surface area contributed by atoms with Gasteiger partial charge in [0.2, 0.25) is 5.91 Å². The maximum atomic E-state index is 12.5. The number of rotatable bonds is 8. The Morgan fingerprint density at radius 2 is 1.63 bits per heavy atom. The van der Waals surface area contributed by atoms with E-state index in [2.05, 4.69) is 0 Å². The second-order valence-electron chi connectivity index (χ2n) is 6.70. The molecule has 1 amide bonds. The van der Waals surface area contributed by atoms with Crippen LogP contribution in [-0.2, 0) is 14.3 Å². The third-order valence-corrected chi connectivity index (χ3v) is 4.89. The molecule has 0 aliphatic carbocycles. The Morgan fingerprint density at radius 1 is 0.967 bits per heavy atom. The summed E-state index contributed by atoms with van der Waals surface area (Å²) in [5, 5.41) is 0. The van der Waals surface area contributed by atoms with Crippen molar-refractivity contribution < 1.29 is 33.3 Å². The smallest absolute Gasteiger partial charge is 0.311 e. The summed E-state index contributed by atoms with van der Waals surface area (Å²) in [6, 6.07) is 11.6. The molecule has 2 aromatic rings. The minimum absolute atomic E-state index is 0.00404. The van der Waals surface area contributed by atoms with Crippen molar-refractivity contribution in [2.24, 2.45) is 5.92 Å². The maximum absolute atomic E-state index is 12.5. The SMILES string of the molecule is COc1ccc(C(=O)COC(=O)[C@@H]2CC(=O)N(c3cc(OC)ccc3OC)C2)cc1. The Balaban J connectivity index is 1.63. The summed E-state index contributed by atoms with van der Waals surface area (Å²) in [5.74, 6) is -0.137. The van der Waals surface area contributed by atoms with Gasteiger partial charge >= 0.3 is 5.97 Å². The molecule has 1 heterocycles. The van der Waals surface area contributed by atoms with Gasteiger partial charge in [0.05, 0.1) is 32.9 Å². The first-order valence-electron chi connectivity index (χ1n) is 9.33. The zero-order chi connectivity index (χ0) is 21.7. The number of ether oxygens (including phenoxy) is 4. The van der Waals surface area contributed by atoms with E-state index in [1.54, 1.807) is 42.5 Å². The molecule has 3 rings (SSSR count). The summed E-state index contributed by atoms with van der Waals surface area (Å²) < 4.78 is 20.8. The Morgan fingerprint density at radius 3 is 2.27 bits per heavy atom. The Hall–Kier alpha value is -3.55. The monoisotopic (exact) mass is 413 g/mol. The Bertz CT molecular complexity index is 939. The van der Waals surface area contributed by atoms with Crippen LogP contribution in [0, 0.1) is 5.92 Å². The van der Waals surface area contributed by atoms with Gasteiger partial charge < -0.3 is 23.8 Å². The van der Waals surface area contributed by atoms with Crippen molar-refractivity contribution in [3.63, 3.8) is 0 Å². The average Bonchev–Trinajstić information content (AvgIpc) is 3.18. The average molecular weight is 413 g/mol. The summed E-state index contributed by atoms with van der Waals surface area (Å²) in [5.41, 5.74) is 0.931. The predicted molar refractivity (Wildman–Crippen MR) is 108 cm³/mol. The van der Waals surface area contributed by atoms with E-state index in [1.807, 2.05) is 0 Å². The number of anilines is 1. The fourth-order valence-electron chi connectivity index (χ4n) is 3.22. The van der Waals surface area contributed by atoms with E-state index in [-0.39, 0.29) is 24.7 Å². The Labute approximate surface area is 174 Å². The molecule has 1 aliphatic rings. The van der Waals surface area contributed by atoms with E-state index < -0.39 is 18.5 Å². The number of methoxy groups -OCH3 is 3. The van der Waals surface area contributed by atoms with Crippen molar-refractivity contribution >= 4 is 23.3 Å². The van der Waals surface area contributed by atoms with Crippen molar-refractivity contribution in [1.29, 1.82) is 0 Å². The van der Waals surface area contributed by atoms with E-state index in [1.165, 1.54) is 26.2 Å². The molecule has 1 aliphatic heterocycles. The van der Waals surface area contributed by atoms with Crippen LogP contribution in [0.3, 0.4) is 0 Å². The number of carbonyl (C=O) groups is 3. The summed E-state index contributed by atoms with van der Waals surface area (Å²) in [6.45, 7) is -0.254.